The van der Waals surface area contributed by atoms with Gasteiger partial charge in [-0.2, -0.15) is 0 Å². The maximum Gasteiger partial charge on any atom is 0.311 e. The average molecular weight is 139 g/mol. The van der Waals surface area contributed by atoms with Crippen molar-refractivity contribution in [1.82, 2.24) is 0 Å². The Labute approximate surface area is 57.4 Å². The lowest BCUT2D eigenvalue weighted by Crippen LogP contribution is -2.32. The van der Waals surface area contributed by atoms with E-state index in [2.05, 4.69) is 4.99 Å². The first-order valence-electron chi connectivity index (χ1n) is 2.65. The van der Waals surface area contributed by atoms with E-state index in [9.17, 15) is 4.79 Å². The van der Waals surface area contributed by atoms with Gasteiger partial charge in [-0.3, -0.25) is 10.2 Å². The summed E-state index contributed by atoms with van der Waals surface area (Å²) in [6.45, 7) is 0. The zero-order valence-electron chi connectivity index (χ0n) is 5.46. The topological polar surface area (TPSA) is 82.3 Å². The molecule has 0 aromatic heterocycles. The number of nitrogens with zero attached hydrogens (tertiary/aromatic N) is 2. The normalized spacial score (nSPS) is 16.7. The number of carbonyl (C=O) groups excluding carboxylic acids is 1. The smallest absolute Gasteiger partial charge is 0.311 e. The van der Waals surface area contributed by atoms with Crippen LogP contribution in [0.4, 0.5) is 0 Å². The Morgan fingerprint density at radius 2 is 2.50 bits per heavy atom. The molecule has 0 fully saturated rings. The molecule has 0 bridgehead atoms. The number of rotatable bonds is 1. The highest BCUT2D eigenvalue weighted by molar-refractivity contribution is 6.65. The van der Waals surface area contributed by atoms with Crippen molar-refractivity contribution in [3.63, 3.8) is 0 Å². The number of nitrogens with two attached hydrogens (primary N) is 1. The van der Waals surface area contributed by atoms with Gasteiger partial charge < -0.3 is 5.73 Å². The number of carbonyl (C=O) groups is 1. The fourth-order valence-corrected chi connectivity index (χ4v) is 0.721. The van der Waals surface area contributed by atoms with Crippen LogP contribution in [-0.4, -0.2) is 35.4 Å². The quantitative estimate of drug-likeness (QED) is 0.429. The Balaban J connectivity index is 3.08. The summed E-state index contributed by atoms with van der Waals surface area (Å²) in [5.74, 6) is -0.694. The van der Waals surface area contributed by atoms with Crippen molar-refractivity contribution in [3.05, 3.63) is 0 Å². The molecule has 3 N–H and O–H groups in total. The van der Waals surface area contributed by atoms with E-state index in [0.717, 1.165) is 0 Å². The fraction of sp³-hybridized carbons (Fsp3) is 0.200. The molecule has 52 valence electrons. The molecule has 0 atom stereocenters. The number of aliphatic imine (C=N–C) groups is 1. The van der Waals surface area contributed by atoms with E-state index in [1.54, 1.807) is 7.05 Å². The molecule has 0 saturated carbocycles. The molecule has 0 aromatic carbocycles. The molecule has 10 heavy (non-hydrogen) atoms. The van der Waals surface area contributed by atoms with Gasteiger partial charge in [-0.25, -0.2) is 4.58 Å². The first-order chi connectivity index (χ1) is 4.63. The van der Waals surface area contributed by atoms with Crippen molar-refractivity contribution >= 4 is 23.8 Å². The Kier molecular flexibility index (Phi) is 1.33. The second-order valence-corrected chi connectivity index (χ2v) is 1.92. The highest BCUT2D eigenvalue weighted by atomic mass is 16.1. The van der Waals surface area contributed by atoms with Crippen LogP contribution in [0.3, 0.4) is 0 Å². The van der Waals surface area contributed by atoms with Crippen molar-refractivity contribution < 1.29 is 9.37 Å². The van der Waals surface area contributed by atoms with Crippen molar-refractivity contribution in [1.29, 1.82) is 5.41 Å². The summed E-state index contributed by atoms with van der Waals surface area (Å²) in [5, 5.41) is 7.09. The van der Waals surface area contributed by atoms with Gasteiger partial charge in [0.15, 0.2) is 0 Å². The monoisotopic (exact) mass is 139 g/mol. The highest BCUT2D eigenvalue weighted by Crippen LogP contribution is 1.89. The molecule has 0 saturated heterocycles. The van der Waals surface area contributed by atoms with E-state index in [0.29, 0.717) is 0 Å². The van der Waals surface area contributed by atoms with Crippen molar-refractivity contribution in [2.24, 2.45) is 10.7 Å². The molecule has 1 amide bonds. The molecule has 0 spiro atoms. The second-order valence-electron chi connectivity index (χ2n) is 1.92. The van der Waals surface area contributed by atoms with Gasteiger partial charge in [0.05, 0.1) is 7.05 Å². The van der Waals surface area contributed by atoms with Crippen LogP contribution in [0.5, 0.6) is 0 Å². The molecular formula is C5H7N4O+. The molecule has 1 aliphatic rings. The minimum absolute atomic E-state index is 0.0741. The predicted octanol–water partition coefficient (Wildman–Crippen LogP) is -1.43. The van der Waals surface area contributed by atoms with E-state index >= 15 is 0 Å². The van der Waals surface area contributed by atoms with Gasteiger partial charge in [0.25, 0.3) is 18.0 Å². The summed E-state index contributed by atoms with van der Waals surface area (Å²) in [6.07, 6.45) is 1.38. The molecule has 0 aliphatic carbocycles. The van der Waals surface area contributed by atoms with Crippen LogP contribution in [0.1, 0.15) is 0 Å². The molecule has 0 aromatic rings. The van der Waals surface area contributed by atoms with Gasteiger partial charge in [-0.1, -0.05) is 0 Å². The summed E-state index contributed by atoms with van der Waals surface area (Å²) in [4.78, 5) is 14.1. The SMILES string of the molecule is C[N+]1=C(C(N)=O)C(=N)N=C1. The maximum atomic E-state index is 10.5. The van der Waals surface area contributed by atoms with Crippen LogP contribution >= 0.6 is 0 Å². The van der Waals surface area contributed by atoms with Crippen molar-refractivity contribution in [2.45, 2.75) is 0 Å². The van der Waals surface area contributed by atoms with E-state index in [-0.39, 0.29) is 11.5 Å². The zero-order valence-corrected chi connectivity index (χ0v) is 5.46. The summed E-state index contributed by atoms with van der Waals surface area (Å²) in [7, 11) is 1.62. The summed E-state index contributed by atoms with van der Waals surface area (Å²) in [6, 6.07) is 0. The number of hydrogen-bond donors (Lipinski definition) is 2. The highest BCUT2D eigenvalue weighted by Gasteiger charge is 2.27. The number of primary amides is 1. The molecule has 0 unspecified atom stereocenters. The first kappa shape index (κ1) is 6.60. The van der Waals surface area contributed by atoms with Crippen LogP contribution in [0.25, 0.3) is 0 Å². The lowest BCUT2D eigenvalue weighted by Gasteiger charge is -1.88. The fourth-order valence-electron chi connectivity index (χ4n) is 0.721. The van der Waals surface area contributed by atoms with Crippen molar-refractivity contribution in [2.75, 3.05) is 7.05 Å². The molecule has 1 aliphatic heterocycles. The summed E-state index contributed by atoms with van der Waals surface area (Å²) in [5.41, 5.74) is 5.08. The van der Waals surface area contributed by atoms with Gasteiger partial charge in [0, 0.05) is 0 Å². The molecule has 1 heterocycles. The minimum atomic E-state index is -0.620. The number of amides is 1. The standard InChI is InChI=1S/C5H6N4O/c1-9-2-8-4(6)3(9)5(7)10/h2,6H,1H3,(H-,7,10)/p+1. The van der Waals surface area contributed by atoms with E-state index < -0.39 is 5.91 Å². The van der Waals surface area contributed by atoms with E-state index in [1.807, 2.05) is 0 Å². The third-order valence-electron chi connectivity index (χ3n) is 1.17. The van der Waals surface area contributed by atoms with Crippen LogP contribution in [-0.2, 0) is 4.79 Å². The van der Waals surface area contributed by atoms with Crippen molar-refractivity contribution in [3.8, 4) is 0 Å². The molecule has 0 radical (unpaired) electrons. The van der Waals surface area contributed by atoms with Gasteiger partial charge in [0.1, 0.15) is 0 Å². The van der Waals surface area contributed by atoms with Crippen LogP contribution < -0.4 is 5.73 Å². The van der Waals surface area contributed by atoms with Crippen LogP contribution in [0, 0.1) is 5.41 Å². The Morgan fingerprint density at radius 3 is 2.70 bits per heavy atom. The number of hydrogen-bond acceptors (Lipinski definition) is 2. The lowest BCUT2D eigenvalue weighted by molar-refractivity contribution is -0.354. The zero-order chi connectivity index (χ0) is 7.72. The summed E-state index contributed by atoms with van der Waals surface area (Å²) < 4.78 is 1.42. The third kappa shape index (κ3) is 0.812. The van der Waals surface area contributed by atoms with Crippen LogP contribution in [0.15, 0.2) is 4.99 Å². The van der Waals surface area contributed by atoms with Gasteiger partial charge >= 0.3 is 5.84 Å². The van der Waals surface area contributed by atoms with E-state index in [1.165, 1.54) is 10.9 Å². The summed E-state index contributed by atoms with van der Waals surface area (Å²) >= 11 is 0. The second kappa shape index (κ2) is 2.02. The maximum absolute atomic E-state index is 10.5. The van der Waals surface area contributed by atoms with Gasteiger partial charge in [-0.05, 0) is 4.99 Å². The molecular weight excluding hydrogens is 132 g/mol. The molecule has 1 rings (SSSR count). The Bertz CT molecular complexity index is 263. The number of nitrogens with one attached hydrogen (secondary N) is 1. The van der Waals surface area contributed by atoms with E-state index in [4.69, 9.17) is 11.1 Å². The molecule has 5 nitrogen and oxygen atoms in total. The van der Waals surface area contributed by atoms with Gasteiger partial charge in [0.2, 0.25) is 0 Å². The van der Waals surface area contributed by atoms with Crippen LogP contribution in [0.2, 0.25) is 0 Å². The predicted molar refractivity (Wildman–Crippen MR) is 36.6 cm³/mol. The molecule has 5 heteroatoms. The lowest BCUT2D eigenvalue weighted by atomic mass is 10.3. The average Bonchev–Trinajstić information content (AvgIpc) is 2.11. The van der Waals surface area contributed by atoms with Gasteiger partial charge in [-0.15, -0.1) is 0 Å². The minimum Gasteiger partial charge on any atom is -0.362 e. The first-order valence-corrected chi connectivity index (χ1v) is 2.65. The number of amidine groups is 1. The third-order valence-corrected chi connectivity index (χ3v) is 1.17. The largest absolute Gasteiger partial charge is 0.362 e. The Morgan fingerprint density at radius 1 is 1.90 bits per heavy atom. The Hall–Kier alpha value is -1.52.